The molecule has 1 aliphatic rings. The molecule has 0 aromatic carbocycles. The van der Waals surface area contributed by atoms with E-state index in [2.05, 4.69) is 17.6 Å². The van der Waals surface area contributed by atoms with Crippen LogP contribution in [0, 0.1) is 0 Å². The van der Waals surface area contributed by atoms with Crippen LogP contribution in [0.3, 0.4) is 0 Å². The minimum atomic E-state index is 0.233. The van der Waals surface area contributed by atoms with Crippen LogP contribution in [-0.2, 0) is 0 Å². The first-order valence-electron chi connectivity index (χ1n) is 3.40. The molecule has 0 bridgehead atoms. The lowest BCUT2D eigenvalue weighted by atomic mass is 10.2. The normalized spacial score (nSPS) is 36.7. The summed E-state index contributed by atoms with van der Waals surface area (Å²) in [5.74, 6) is 0. The number of hydrogen-bond acceptors (Lipinski definition) is 3. The highest BCUT2D eigenvalue weighted by atomic mass is 16.3. The maximum Gasteiger partial charge on any atom is 0.0597 e. The van der Waals surface area contributed by atoms with Crippen LogP contribution in [0.2, 0.25) is 0 Å². The second kappa shape index (κ2) is 3.15. The van der Waals surface area contributed by atoms with Crippen molar-refractivity contribution in [1.29, 1.82) is 0 Å². The lowest BCUT2D eigenvalue weighted by Gasteiger charge is -2.28. The van der Waals surface area contributed by atoms with Gasteiger partial charge < -0.3 is 15.7 Å². The third-order valence-corrected chi connectivity index (χ3v) is 1.58. The third-order valence-electron chi connectivity index (χ3n) is 1.58. The van der Waals surface area contributed by atoms with Gasteiger partial charge in [0.2, 0.25) is 0 Å². The largest absolute Gasteiger partial charge is 0.395 e. The number of aliphatic hydroxyl groups excluding tert-OH is 1. The summed E-state index contributed by atoms with van der Waals surface area (Å²) < 4.78 is 0. The van der Waals surface area contributed by atoms with Crippen molar-refractivity contribution in [1.82, 2.24) is 10.6 Å². The molecule has 1 saturated heterocycles. The smallest absolute Gasteiger partial charge is 0.0597 e. The highest BCUT2D eigenvalue weighted by Gasteiger charge is 2.14. The number of aliphatic hydroxyl groups is 1. The molecule has 1 heterocycles. The molecule has 0 unspecified atom stereocenters. The fourth-order valence-electron chi connectivity index (χ4n) is 1.11. The lowest BCUT2D eigenvalue weighted by molar-refractivity contribution is 0.211. The molecule has 1 aliphatic heterocycles. The zero-order valence-corrected chi connectivity index (χ0v) is 5.72. The third kappa shape index (κ3) is 1.93. The summed E-state index contributed by atoms with van der Waals surface area (Å²) in [6.07, 6.45) is 0. The average molecular weight is 130 g/mol. The molecular formula is C6H14N2O. The van der Waals surface area contributed by atoms with Crippen LogP contribution in [-0.4, -0.2) is 36.9 Å². The topological polar surface area (TPSA) is 44.3 Å². The van der Waals surface area contributed by atoms with Crippen molar-refractivity contribution in [2.75, 3.05) is 19.7 Å². The molecule has 1 rings (SSSR count). The van der Waals surface area contributed by atoms with Crippen molar-refractivity contribution in [2.45, 2.75) is 19.0 Å². The molecule has 54 valence electrons. The zero-order chi connectivity index (χ0) is 6.69. The van der Waals surface area contributed by atoms with Gasteiger partial charge in [0.15, 0.2) is 0 Å². The highest BCUT2D eigenvalue weighted by Crippen LogP contribution is 1.90. The summed E-state index contributed by atoms with van der Waals surface area (Å²) in [6.45, 7) is 4.24. The molecule has 0 saturated carbocycles. The maximum absolute atomic E-state index is 8.71. The molecule has 0 aliphatic carbocycles. The fourth-order valence-corrected chi connectivity index (χ4v) is 1.11. The van der Waals surface area contributed by atoms with E-state index in [1.165, 1.54) is 0 Å². The predicted octanol–water partition coefficient (Wildman–Crippen LogP) is -1.07. The Morgan fingerprint density at radius 1 is 1.56 bits per heavy atom. The van der Waals surface area contributed by atoms with Crippen LogP contribution in [0.1, 0.15) is 6.92 Å². The minimum absolute atomic E-state index is 0.233. The Hall–Kier alpha value is -0.120. The molecule has 1 fully saturated rings. The van der Waals surface area contributed by atoms with E-state index >= 15 is 0 Å². The van der Waals surface area contributed by atoms with Gasteiger partial charge in [-0.15, -0.1) is 0 Å². The van der Waals surface area contributed by atoms with Gasteiger partial charge in [-0.2, -0.15) is 0 Å². The van der Waals surface area contributed by atoms with Crippen LogP contribution in [0.15, 0.2) is 0 Å². The van der Waals surface area contributed by atoms with Crippen LogP contribution in [0.25, 0.3) is 0 Å². The Kier molecular flexibility index (Phi) is 2.45. The Morgan fingerprint density at radius 2 is 2.33 bits per heavy atom. The Bertz CT molecular complexity index is 87.1. The number of piperazine rings is 1. The van der Waals surface area contributed by atoms with Crippen LogP contribution in [0.4, 0.5) is 0 Å². The van der Waals surface area contributed by atoms with Crippen molar-refractivity contribution in [3.8, 4) is 0 Å². The number of hydrogen-bond donors (Lipinski definition) is 3. The summed E-state index contributed by atoms with van der Waals surface area (Å²) in [5.41, 5.74) is 0. The van der Waals surface area contributed by atoms with Crippen molar-refractivity contribution in [3.63, 3.8) is 0 Å². The second-order valence-corrected chi connectivity index (χ2v) is 2.61. The van der Waals surface area contributed by atoms with E-state index in [1.807, 2.05) is 0 Å². The maximum atomic E-state index is 8.71. The molecule has 0 aromatic rings. The number of rotatable bonds is 1. The van der Waals surface area contributed by atoms with Crippen LogP contribution < -0.4 is 10.6 Å². The van der Waals surface area contributed by atoms with Gasteiger partial charge in [-0.05, 0) is 6.92 Å². The van der Waals surface area contributed by atoms with E-state index in [9.17, 15) is 0 Å². The van der Waals surface area contributed by atoms with E-state index in [0.717, 1.165) is 13.1 Å². The molecule has 3 heteroatoms. The first-order valence-corrected chi connectivity index (χ1v) is 3.40. The molecule has 3 nitrogen and oxygen atoms in total. The van der Waals surface area contributed by atoms with Crippen molar-refractivity contribution in [2.24, 2.45) is 0 Å². The van der Waals surface area contributed by atoms with E-state index in [0.29, 0.717) is 6.04 Å². The van der Waals surface area contributed by atoms with E-state index in [-0.39, 0.29) is 12.6 Å². The van der Waals surface area contributed by atoms with Gasteiger partial charge >= 0.3 is 0 Å². The summed E-state index contributed by atoms with van der Waals surface area (Å²) in [6, 6.07) is 0.754. The highest BCUT2D eigenvalue weighted by molar-refractivity contribution is 4.79. The first kappa shape index (κ1) is 6.99. The lowest BCUT2D eigenvalue weighted by Crippen LogP contribution is -2.54. The average Bonchev–Trinajstić information content (AvgIpc) is 1.88. The van der Waals surface area contributed by atoms with Gasteiger partial charge in [0.25, 0.3) is 0 Å². The summed E-state index contributed by atoms with van der Waals surface area (Å²) in [4.78, 5) is 0. The SMILES string of the molecule is C[C@@H]1CNC[C@H](CO)N1. The molecule has 0 radical (unpaired) electrons. The monoisotopic (exact) mass is 130 g/mol. The van der Waals surface area contributed by atoms with Gasteiger partial charge in [0, 0.05) is 25.2 Å². The molecule has 0 amide bonds. The minimum Gasteiger partial charge on any atom is -0.395 e. The zero-order valence-electron chi connectivity index (χ0n) is 5.72. The van der Waals surface area contributed by atoms with E-state index < -0.39 is 0 Å². The molecule has 0 spiro atoms. The predicted molar refractivity (Wildman–Crippen MR) is 36.3 cm³/mol. The van der Waals surface area contributed by atoms with Gasteiger partial charge in [-0.25, -0.2) is 0 Å². The molecule has 3 N–H and O–H groups in total. The van der Waals surface area contributed by atoms with Crippen LogP contribution >= 0.6 is 0 Å². The fraction of sp³-hybridized carbons (Fsp3) is 1.00. The molecule has 9 heavy (non-hydrogen) atoms. The van der Waals surface area contributed by atoms with Crippen molar-refractivity contribution in [3.05, 3.63) is 0 Å². The van der Waals surface area contributed by atoms with Gasteiger partial charge in [0.05, 0.1) is 6.61 Å². The summed E-state index contributed by atoms with van der Waals surface area (Å²) in [7, 11) is 0. The van der Waals surface area contributed by atoms with E-state index in [1.54, 1.807) is 0 Å². The first-order chi connectivity index (χ1) is 4.33. The Balaban J connectivity index is 2.23. The second-order valence-electron chi connectivity index (χ2n) is 2.61. The Labute approximate surface area is 55.5 Å². The van der Waals surface area contributed by atoms with E-state index in [4.69, 9.17) is 5.11 Å². The van der Waals surface area contributed by atoms with Crippen LogP contribution in [0.5, 0.6) is 0 Å². The molecular weight excluding hydrogens is 116 g/mol. The summed E-state index contributed by atoms with van der Waals surface area (Å²) >= 11 is 0. The van der Waals surface area contributed by atoms with Gasteiger partial charge in [0.1, 0.15) is 0 Å². The molecule has 2 atom stereocenters. The standard InChI is InChI=1S/C6H14N2O/c1-5-2-7-3-6(4-9)8-5/h5-9H,2-4H2,1H3/t5-,6-/m1/s1. The molecule has 0 aromatic heterocycles. The van der Waals surface area contributed by atoms with Gasteiger partial charge in [-0.1, -0.05) is 0 Å². The summed E-state index contributed by atoms with van der Waals surface area (Å²) in [5, 5.41) is 15.2. The number of nitrogens with one attached hydrogen (secondary N) is 2. The van der Waals surface area contributed by atoms with Crippen molar-refractivity contribution < 1.29 is 5.11 Å². The van der Waals surface area contributed by atoms with Crippen molar-refractivity contribution >= 4 is 0 Å². The van der Waals surface area contributed by atoms with Gasteiger partial charge in [-0.3, -0.25) is 0 Å². The Morgan fingerprint density at radius 3 is 2.78 bits per heavy atom. The quantitative estimate of drug-likeness (QED) is 0.423.